The van der Waals surface area contributed by atoms with Crippen LogP contribution in [0.2, 0.25) is 0 Å². The molecule has 0 spiro atoms. The second-order valence-corrected chi connectivity index (χ2v) is 7.85. The van der Waals surface area contributed by atoms with E-state index in [9.17, 15) is 18.0 Å². The highest BCUT2D eigenvalue weighted by molar-refractivity contribution is 7.89. The second kappa shape index (κ2) is 9.94. The third kappa shape index (κ3) is 5.61. The van der Waals surface area contributed by atoms with Gasteiger partial charge < -0.3 is 25.3 Å². The Morgan fingerprint density at radius 1 is 1.00 bits per heavy atom. The van der Waals surface area contributed by atoms with E-state index in [1.165, 1.54) is 39.5 Å². The third-order valence-electron chi connectivity index (χ3n) is 4.04. The van der Waals surface area contributed by atoms with E-state index in [0.29, 0.717) is 17.1 Å². The quantitative estimate of drug-likeness (QED) is 0.488. The maximum atomic E-state index is 12.5. The van der Waals surface area contributed by atoms with E-state index in [4.69, 9.17) is 19.9 Å². The van der Waals surface area contributed by atoms with Crippen molar-refractivity contribution in [1.82, 2.24) is 10.0 Å². The van der Waals surface area contributed by atoms with Gasteiger partial charge in [0.05, 0.1) is 14.2 Å². The largest absolute Gasteiger partial charge is 0.495 e. The summed E-state index contributed by atoms with van der Waals surface area (Å²) in [6.45, 7) is -0.146. The molecule has 2 amide bonds. The second-order valence-electron chi connectivity index (χ2n) is 6.00. The average molecular weight is 437 g/mol. The molecule has 0 bridgehead atoms. The molecule has 0 unspecified atom stereocenters. The van der Waals surface area contributed by atoms with Gasteiger partial charge in [0.1, 0.15) is 10.6 Å². The lowest BCUT2D eigenvalue weighted by Crippen LogP contribution is -2.24. The highest BCUT2D eigenvalue weighted by atomic mass is 32.2. The van der Waals surface area contributed by atoms with Crippen LogP contribution in [0.3, 0.4) is 0 Å². The molecule has 2 aromatic carbocycles. The van der Waals surface area contributed by atoms with Crippen LogP contribution in [0, 0.1) is 0 Å². The Labute approximate surface area is 174 Å². The summed E-state index contributed by atoms with van der Waals surface area (Å²) in [5, 5.41) is 2.70. The van der Waals surface area contributed by atoms with Crippen molar-refractivity contribution in [3.63, 3.8) is 0 Å². The van der Waals surface area contributed by atoms with Crippen LogP contribution in [0.1, 0.15) is 15.9 Å². The number of nitrogens with one attached hydrogen (secondary N) is 2. The molecule has 0 atom stereocenters. The molecule has 162 valence electrons. The molecule has 0 fully saturated rings. The summed E-state index contributed by atoms with van der Waals surface area (Å²) in [4.78, 5) is 23.2. The molecule has 0 aliphatic heterocycles. The van der Waals surface area contributed by atoms with Gasteiger partial charge in [-0.25, -0.2) is 13.1 Å². The fourth-order valence-electron chi connectivity index (χ4n) is 2.51. The molecule has 4 N–H and O–H groups in total. The maximum absolute atomic E-state index is 12.5. The number of carbonyl (C=O) groups excluding carboxylic acids is 2. The van der Waals surface area contributed by atoms with Crippen LogP contribution in [-0.2, 0) is 21.4 Å². The van der Waals surface area contributed by atoms with Crippen LogP contribution in [0.25, 0.3) is 0 Å². The number of hydrogen-bond donors (Lipinski definition) is 3. The Hall–Kier alpha value is -3.31. The molecule has 0 aliphatic carbocycles. The molecule has 0 saturated heterocycles. The van der Waals surface area contributed by atoms with Crippen LogP contribution in [0.5, 0.6) is 17.2 Å². The molecule has 2 aromatic rings. The number of carbonyl (C=O) groups is 2. The van der Waals surface area contributed by atoms with E-state index in [0.717, 1.165) is 0 Å². The average Bonchev–Trinajstić information content (AvgIpc) is 2.75. The summed E-state index contributed by atoms with van der Waals surface area (Å²) in [6, 6.07) is 9.03. The highest BCUT2D eigenvalue weighted by Crippen LogP contribution is 2.28. The Morgan fingerprint density at radius 2 is 1.67 bits per heavy atom. The third-order valence-corrected chi connectivity index (χ3v) is 5.47. The summed E-state index contributed by atoms with van der Waals surface area (Å²) in [5.41, 5.74) is 5.91. The predicted octanol–water partition coefficient (Wildman–Crippen LogP) is 0.406. The van der Waals surface area contributed by atoms with Crippen LogP contribution in [0.15, 0.2) is 41.3 Å². The smallest absolute Gasteiger partial charge is 0.255 e. The van der Waals surface area contributed by atoms with Gasteiger partial charge in [-0.2, -0.15) is 0 Å². The molecular weight excluding hydrogens is 414 g/mol. The predicted molar refractivity (Wildman–Crippen MR) is 108 cm³/mol. The molecule has 0 heterocycles. The molecule has 2 rings (SSSR count). The fraction of sp³-hybridized carbons (Fsp3) is 0.263. The minimum absolute atomic E-state index is 0.122. The summed E-state index contributed by atoms with van der Waals surface area (Å²) >= 11 is 0. The molecule has 0 aliphatic rings. The van der Waals surface area contributed by atoms with Gasteiger partial charge in [0, 0.05) is 12.1 Å². The minimum atomic E-state index is -3.81. The van der Waals surface area contributed by atoms with Crippen molar-refractivity contribution in [1.29, 1.82) is 0 Å². The maximum Gasteiger partial charge on any atom is 0.255 e. The summed E-state index contributed by atoms with van der Waals surface area (Å²) in [7, 11) is 0.243. The first kappa shape index (κ1) is 23.0. The lowest BCUT2D eigenvalue weighted by atomic mass is 10.1. The topological polar surface area (TPSA) is 146 Å². The zero-order valence-electron chi connectivity index (χ0n) is 16.7. The number of methoxy groups -OCH3 is 2. The number of sulfonamides is 1. The van der Waals surface area contributed by atoms with Gasteiger partial charge in [-0.1, -0.05) is 6.07 Å². The Bertz CT molecular complexity index is 1040. The van der Waals surface area contributed by atoms with Gasteiger partial charge in [0.15, 0.2) is 18.1 Å². The van der Waals surface area contributed by atoms with E-state index in [2.05, 4.69) is 10.0 Å². The van der Waals surface area contributed by atoms with E-state index in [-0.39, 0.29) is 29.4 Å². The number of nitrogens with two attached hydrogens (primary N) is 1. The van der Waals surface area contributed by atoms with Crippen molar-refractivity contribution >= 4 is 21.8 Å². The fourth-order valence-corrected chi connectivity index (χ4v) is 3.43. The van der Waals surface area contributed by atoms with Crippen molar-refractivity contribution in [3.8, 4) is 17.2 Å². The number of amides is 2. The highest BCUT2D eigenvalue weighted by Gasteiger charge is 2.20. The molecular formula is C19H23N3O7S. The summed E-state index contributed by atoms with van der Waals surface area (Å²) in [6.07, 6.45) is 0. The Kier molecular flexibility index (Phi) is 7.61. The van der Waals surface area contributed by atoms with E-state index in [1.807, 2.05) is 0 Å². The van der Waals surface area contributed by atoms with Gasteiger partial charge in [-0.05, 0) is 42.9 Å². The van der Waals surface area contributed by atoms with Gasteiger partial charge in [0.25, 0.3) is 11.8 Å². The van der Waals surface area contributed by atoms with E-state index < -0.39 is 21.8 Å². The molecule has 30 heavy (non-hydrogen) atoms. The van der Waals surface area contributed by atoms with Gasteiger partial charge in [-0.3, -0.25) is 9.59 Å². The monoisotopic (exact) mass is 437 g/mol. The van der Waals surface area contributed by atoms with Crippen molar-refractivity contribution in [2.45, 2.75) is 11.4 Å². The Morgan fingerprint density at radius 3 is 2.27 bits per heavy atom. The minimum Gasteiger partial charge on any atom is -0.495 e. The number of benzene rings is 2. The number of hydrogen-bond acceptors (Lipinski definition) is 7. The van der Waals surface area contributed by atoms with Gasteiger partial charge in [0.2, 0.25) is 10.0 Å². The van der Waals surface area contributed by atoms with Crippen molar-refractivity contribution in [3.05, 3.63) is 47.5 Å². The first-order chi connectivity index (χ1) is 14.2. The van der Waals surface area contributed by atoms with Gasteiger partial charge in [-0.15, -0.1) is 0 Å². The molecule has 10 nitrogen and oxygen atoms in total. The molecule has 0 saturated carbocycles. The first-order valence-corrected chi connectivity index (χ1v) is 10.2. The standard InChI is InChI=1S/C19H23N3O7S/c1-21-30(25,26)17-9-13(5-7-15(17)27-2)19(24)22-10-12-4-6-14(16(8-12)28-3)29-11-18(20)23/h4-9,21H,10-11H2,1-3H3,(H2,20,23)(H,22,24). The zero-order valence-corrected chi connectivity index (χ0v) is 17.5. The number of primary amides is 1. The lowest BCUT2D eigenvalue weighted by Gasteiger charge is -2.13. The van der Waals surface area contributed by atoms with Crippen LogP contribution >= 0.6 is 0 Å². The lowest BCUT2D eigenvalue weighted by molar-refractivity contribution is -0.119. The van der Waals surface area contributed by atoms with Crippen molar-refractivity contribution in [2.75, 3.05) is 27.9 Å². The van der Waals surface area contributed by atoms with E-state index in [1.54, 1.807) is 18.2 Å². The number of rotatable bonds is 10. The first-order valence-electron chi connectivity index (χ1n) is 8.69. The van der Waals surface area contributed by atoms with E-state index >= 15 is 0 Å². The van der Waals surface area contributed by atoms with Crippen LogP contribution < -0.4 is 30.0 Å². The molecule has 0 radical (unpaired) electrons. The van der Waals surface area contributed by atoms with Crippen LogP contribution in [0.4, 0.5) is 0 Å². The van der Waals surface area contributed by atoms with Crippen molar-refractivity contribution in [2.24, 2.45) is 5.73 Å². The van der Waals surface area contributed by atoms with Crippen molar-refractivity contribution < 1.29 is 32.2 Å². The summed E-state index contributed by atoms with van der Waals surface area (Å²) < 4.78 is 42.0. The van der Waals surface area contributed by atoms with Gasteiger partial charge >= 0.3 is 0 Å². The Balaban J connectivity index is 2.16. The summed E-state index contributed by atoms with van der Waals surface area (Å²) in [5.74, 6) is -0.263. The zero-order chi connectivity index (χ0) is 22.3. The number of ether oxygens (including phenoxy) is 3. The molecule has 0 aromatic heterocycles. The van der Waals surface area contributed by atoms with Crippen LogP contribution in [-0.4, -0.2) is 48.1 Å². The normalized spacial score (nSPS) is 10.9. The molecule has 11 heteroatoms. The SMILES string of the molecule is CNS(=O)(=O)c1cc(C(=O)NCc2ccc(OCC(N)=O)c(OC)c2)ccc1OC.